The molecule has 1 aromatic carbocycles. The average molecular weight is 271 g/mol. The highest BCUT2D eigenvalue weighted by Crippen LogP contribution is 2.12. The van der Waals surface area contributed by atoms with E-state index in [1.54, 1.807) is 0 Å². The lowest BCUT2D eigenvalue weighted by molar-refractivity contribution is -0.197. The Balaban J connectivity index is 1.77. The fraction of sp³-hybridized carbons (Fsp3) is 0.267. The van der Waals surface area contributed by atoms with E-state index in [1.165, 1.54) is 0 Å². The van der Waals surface area contributed by atoms with Gasteiger partial charge in [-0.3, -0.25) is 9.59 Å². The molecule has 0 radical (unpaired) electrons. The second-order valence-electron chi connectivity index (χ2n) is 4.21. The summed E-state index contributed by atoms with van der Waals surface area (Å²) in [6.45, 7) is 0. The zero-order chi connectivity index (χ0) is 14.4. The molecule has 5 heteroatoms. The number of carbonyl (C=O) groups excluding carboxylic acids is 3. The van der Waals surface area contributed by atoms with Gasteiger partial charge in [-0.05, 0) is 12.1 Å². The number of nitrogens with zero attached hydrogens (tertiary/aromatic N) is 1. The van der Waals surface area contributed by atoms with E-state index in [-0.39, 0.29) is 19.3 Å². The van der Waals surface area contributed by atoms with Gasteiger partial charge in [0.05, 0.1) is 6.42 Å². The van der Waals surface area contributed by atoms with Crippen molar-refractivity contribution in [1.82, 2.24) is 5.06 Å². The van der Waals surface area contributed by atoms with Crippen LogP contribution < -0.4 is 0 Å². The minimum atomic E-state index is -0.629. The molecule has 0 bridgehead atoms. The van der Waals surface area contributed by atoms with Crippen LogP contribution in [0.1, 0.15) is 31.2 Å². The van der Waals surface area contributed by atoms with Gasteiger partial charge in [-0.15, -0.1) is 5.06 Å². The molecular formula is C15H13NO4. The number of imide groups is 1. The number of hydroxylamine groups is 2. The Hall–Kier alpha value is -2.61. The topological polar surface area (TPSA) is 63.7 Å². The third-order valence-electron chi connectivity index (χ3n) is 2.66. The second kappa shape index (κ2) is 6.53. The molecule has 2 amide bonds. The molecule has 2 rings (SSSR count). The lowest BCUT2D eigenvalue weighted by Crippen LogP contribution is -2.31. The molecule has 5 nitrogen and oxygen atoms in total. The van der Waals surface area contributed by atoms with Crippen molar-refractivity contribution in [1.29, 1.82) is 0 Å². The highest BCUT2D eigenvalue weighted by molar-refractivity contribution is 6.01. The Labute approximate surface area is 116 Å². The number of hydrogen-bond donors (Lipinski definition) is 0. The van der Waals surface area contributed by atoms with Crippen LogP contribution in [-0.2, 0) is 19.2 Å². The normalized spacial score (nSPS) is 13.9. The first-order chi connectivity index (χ1) is 9.66. The maximum Gasteiger partial charge on any atom is 0.334 e. The molecule has 1 heterocycles. The van der Waals surface area contributed by atoms with Crippen LogP contribution in [0.4, 0.5) is 0 Å². The van der Waals surface area contributed by atoms with Crippen molar-refractivity contribution in [2.24, 2.45) is 0 Å². The smallest absolute Gasteiger partial charge is 0.330 e. The third kappa shape index (κ3) is 3.69. The van der Waals surface area contributed by atoms with Gasteiger partial charge >= 0.3 is 5.97 Å². The van der Waals surface area contributed by atoms with Crippen molar-refractivity contribution < 1.29 is 19.2 Å². The van der Waals surface area contributed by atoms with Gasteiger partial charge in [-0.25, -0.2) is 4.79 Å². The Kier molecular flexibility index (Phi) is 4.51. The number of amides is 2. The SMILES string of the molecule is O=C(CCC#Cc1ccccc1)ON1C(=O)CCC1=O. The number of hydrogen-bond acceptors (Lipinski definition) is 4. The standard InChI is InChI=1S/C15H13NO4/c17-13-10-11-14(18)16(13)20-15(19)9-5-4-8-12-6-2-1-3-7-12/h1-3,6-7H,5,9-11H2. The zero-order valence-corrected chi connectivity index (χ0v) is 10.8. The Bertz CT molecular complexity index is 567. The summed E-state index contributed by atoms with van der Waals surface area (Å²) in [5.41, 5.74) is 0.866. The van der Waals surface area contributed by atoms with Crippen LogP contribution in [0, 0.1) is 11.8 Å². The van der Waals surface area contributed by atoms with Crippen LogP contribution in [0.3, 0.4) is 0 Å². The van der Waals surface area contributed by atoms with E-state index in [0.717, 1.165) is 5.56 Å². The molecule has 1 aliphatic rings. The molecule has 1 aromatic rings. The minimum absolute atomic E-state index is 0.0386. The molecule has 0 aromatic heterocycles. The molecule has 102 valence electrons. The summed E-state index contributed by atoms with van der Waals surface area (Å²) in [5.74, 6) is 4.17. The number of benzene rings is 1. The van der Waals surface area contributed by atoms with Gasteiger partial charge in [0.1, 0.15) is 0 Å². The van der Waals surface area contributed by atoms with Crippen molar-refractivity contribution in [3.05, 3.63) is 35.9 Å². The van der Waals surface area contributed by atoms with Gasteiger partial charge in [0.15, 0.2) is 0 Å². The fourth-order valence-corrected chi connectivity index (χ4v) is 1.66. The van der Waals surface area contributed by atoms with E-state index in [1.807, 2.05) is 30.3 Å². The van der Waals surface area contributed by atoms with Gasteiger partial charge in [-0.1, -0.05) is 30.0 Å². The molecule has 0 aliphatic carbocycles. The van der Waals surface area contributed by atoms with E-state index < -0.39 is 17.8 Å². The summed E-state index contributed by atoms with van der Waals surface area (Å²) in [6.07, 6.45) is 0.542. The number of carbonyl (C=O) groups is 3. The van der Waals surface area contributed by atoms with E-state index >= 15 is 0 Å². The van der Waals surface area contributed by atoms with Crippen molar-refractivity contribution in [2.75, 3.05) is 0 Å². The monoisotopic (exact) mass is 271 g/mol. The highest BCUT2D eigenvalue weighted by Gasteiger charge is 2.32. The maximum atomic E-state index is 11.5. The van der Waals surface area contributed by atoms with Crippen molar-refractivity contribution in [2.45, 2.75) is 25.7 Å². The molecule has 20 heavy (non-hydrogen) atoms. The van der Waals surface area contributed by atoms with Crippen LogP contribution in [0.15, 0.2) is 30.3 Å². The van der Waals surface area contributed by atoms with Crippen LogP contribution >= 0.6 is 0 Å². The predicted octanol–water partition coefficient (Wildman–Crippen LogP) is 1.43. The lowest BCUT2D eigenvalue weighted by atomic mass is 10.2. The molecule has 1 fully saturated rings. The molecule has 1 aliphatic heterocycles. The van der Waals surface area contributed by atoms with Crippen molar-refractivity contribution in [3.63, 3.8) is 0 Å². The van der Waals surface area contributed by atoms with Crippen molar-refractivity contribution in [3.8, 4) is 11.8 Å². The molecule has 0 atom stereocenters. The summed E-state index contributed by atoms with van der Waals surface area (Å²) in [4.78, 5) is 38.7. The largest absolute Gasteiger partial charge is 0.334 e. The van der Waals surface area contributed by atoms with Crippen LogP contribution in [0.5, 0.6) is 0 Å². The van der Waals surface area contributed by atoms with E-state index in [2.05, 4.69) is 11.8 Å². The summed E-state index contributed by atoms with van der Waals surface area (Å²) < 4.78 is 0. The first-order valence-electron chi connectivity index (χ1n) is 6.27. The second-order valence-corrected chi connectivity index (χ2v) is 4.21. The Morgan fingerprint density at radius 3 is 2.45 bits per heavy atom. The first-order valence-corrected chi connectivity index (χ1v) is 6.27. The molecule has 0 spiro atoms. The molecule has 0 unspecified atom stereocenters. The van der Waals surface area contributed by atoms with Crippen molar-refractivity contribution >= 4 is 17.8 Å². The highest BCUT2D eigenvalue weighted by atomic mass is 16.7. The zero-order valence-electron chi connectivity index (χ0n) is 10.8. The summed E-state index contributed by atoms with van der Waals surface area (Å²) in [5, 5.41) is 0.549. The van der Waals surface area contributed by atoms with Gasteiger partial charge < -0.3 is 4.84 Å². The summed E-state index contributed by atoms with van der Waals surface area (Å²) >= 11 is 0. The van der Waals surface area contributed by atoms with Crippen LogP contribution in [0.25, 0.3) is 0 Å². The summed E-state index contributed by atoms with van der Waals surface area (Å²) in [7, 11) is 0. The van der Waals surface area contributed by atoms with Gasteiger partial charge in [0.25, 0.3) is 11.8 Å². The quantitative estimate of drug-likeness (QED) is 0.616. The van der Waals surface area contributed by atoms with Gasteiger partial charge in [0, 0.05) is 24.8 Å². The van der Waals surface area contributed by atoms with E-state index in [0.29, 0.717) is 11.5 Å². The molecule has 0 N–H and O–H groups in total. The third-order valence-corrected chi connectivity index (χ3v) is 2.66. The lowest BCUT2D eigenvalue weighted by Gasteiger charge is -2.11. The maximum absolute atomic E-state index is 11.5. The Morgan fingerprint density at radius 1 is 1.15 bits per heavy atom. The Morgan fingerprint density at radius 2 is 1.80 bits per heavy atom. The molecular weight excluding hydrogens is 258 g/mol. The molecule has 0 saturated carbocycles. The number of rotatable bonds is 3. The fourth-order valence-electron chi connectivity index (χ4n) is 1.66. The predicted molar refractivity (Wildman–Crippen MR) is 69.7 cm³/mol. The first kappa shape index (κ1) is 13.8. The minimum Gasteiger partial charge on any atom is -0.330 e. The summed E-state index contributed by atoms with van der Waals surface area (Å²) in [6, 6.07) is 9.39. The van der Waals surface area contributed by atoms with Gasteiger partial charge in [-0.2, -0.15) is 0 Å². The van der Waals surface area contributed by atoms with E-state index in [9.17, 15) is 14.4 Å². The van der Waals surface area contributed by atoms with Crippen LogP contribution in [-0.4, -0.2) is 22.8 Å². The molecule has 1 saturated heterocycles. The van der Waals surface area contributed by atoms with Gasteiger partial charge in [0.2, 0.25) is 0 Å². The van der Waals surface area contributed by atoms with E-state index in [4.69, 9.17) is 4.84 Å². The average Bonchev–Trinajstić information content (AvgIpc) is 2.77. The van der Waals surface area contributed by atoms with Crippen LogP contribution in [0.2, 0.25) is 0 Å².